The van der Waals surface area contributed by atoms with E-state index in [9.17, 15) is 4.79 Å². The van der Waals surface area contributed by atoms with Crippen molar-refractivity contribution in [3.63, 3.8) is 0 Å². The Morgan fingerprint density at radius 3 is 1.84 bits per heavy atom. The topological polar surface area (TPSA) is 97.8 Å². The molecule has 0 aliphatic carbocycles. The number of amides is 1. The highest BCUT2D eigenvalue weighted by molar-refractivity contribution is 6.75. The van der Waals surface area contributed by atoms with Crippen LogP contribution < -0.4 is 5.73 Å². The molecule has 2 N–H and O–H groups in total. The molecular weight excluding hydrogens is 591 g/mol. The Labute approximate surface area is 265 Å². The van der Waals surface area contributed by atoms with Crippen molar-refractivity contribution in [3.8, 4) is 11.8 Å². The van der Waals surface area contributed by atoms with Crippen LogP contribution in [-0.2, 0) is 18.0 Å². The summed E-state index contributed by atoms with van der Waals surface area (Å²) in [7, 11) is -6.71. The Hall–Kier alpha value is -1.27. The fraction of sp³-hybridized carbons (Fsp3) is 0.812. The molecule has 1 aromatic rings. The van der Waals surface area contributed by atoms with Gasteiger partial charge in [0.15, 0.2) is 36.9 Å². The quantitative estimate of drug-likeness (QED) is 0.205. The number of imidazole rings is 1. The maximum absolute atomic E-state index is 12.4. The van der Waals surface area contributed by atoms with E-state index in [-0.39, 0.29) is 33.0 Å². The van der Waals surface area contributed by atoms with Crippen molar-refractivity contribution in [1.82, 2.24) is 9.55 Å². The molecule has 0 aromatic carbocycles. The van der Waals surface area contributed by atoms with Crippen LogP contribution in [0.3, 0.4) is 0 Å². The van der Waals surface area contributed by atoms with Gasteiger partial charge in [-0.25, -0.2) is 4.98 Å². The van der Waals surface area contributed by atoms with Crippen molar-refractivity contribution in [2.45, 2.75) is 161 Å². The van der Waals surface area contributed by atoms with Gasteiger partial charge in [-0.15, -0.1) is 0 Å². The SMILES string of the molecule is CCCC#Cc1c(C(N)=O)ncn1[C@@H]1O[C@H](CO[Si](C)(C)C(C)(C)C)[C@@H](O[Si](C)(C)C(C)(C)C)[C@H]1O[Si](C)(C)C(C)(C)C. The van der Waals surface area contributed by atoms with E-state index in [2.05, 4.69) is 125 Å². The summed E-state index contributed by atoms with van der Waals surface area (Å²) in [5, 5.41) is -0.0329. The van der Waals surface area contributed by atoms with Gasteiger partial charge in [0.05, 0.1) is 12.9 Å². The Morgan fingerprint density at radius 2 is 1.40 bits per heavy atom. The number of aromatic nitrogens is 2. The van der Waals surface area contributed by atoms with Crippen molar-refractivity contribution in [2.75, 3.05) is 6.61 Å². The van der Waals surface area contributed by atoms with E-state index in [0.29, 0.717) is 18.7 Å². The number of hydrogen-bond acceptors (Lipinski definition) is 6. The monoisotopic (exact) mass is 651 g/mol. The highest BCUT2D eigenvalue weighted by Gasteiger charge is 2.55. The molecule has 0 spiro atoms. The molecule has 2 heterocycles. The van der Waals surface area contributed by atoms with Crippen LogP contribution in [0.2, 0.25) is 54.4 Å². The summed E-state index contributed by atoms with van der Waals surface area (Å²) in [6.45, 7) is 36.1. The van der Waals surface area contributed by atoms with Gasteiger partial charge < -0.3 is 23.7 Å². The molecule has 2 rings (SSSR count). The number of nitrogens with two attached hydrogens (primary N) is 1. The van der Waals surface area contributed by atoms with E-state index in [4.69, 9.17) is 23.7 Å². The number of unbranched alkanes of at least 4 members (excludes halogenated alkanes) is 1. The minimum Gasteiger partial charge on any atom is -0.414 e. The summed E-state index contributed by atoms with van der Waals surface area (Å²) >= 11 is 0. The van der Waals surface area contributed by atoms with Gasteiger partial charge in [0.1, 0.15) is 24.0 Å². The molecule has 0 bridgehead atoms. The summed E-state index contributed by atoms with van der Waals surface area (Å²) < 4.78 is 30.0. The van der Waals surface area contributed by atoms with E-state index >= 15 is 0 Å². The van der Waals surface area contributed by atoms with Crippen LogP contribution >= 0.6 is 0 Å². The molecule has 246 valence electrons. The number of primary amides is 1. The molecule has 1 aliphatic rings. The van der Waals surface area contributed by atoms with E-state index < -0.39 is 43.2 Å². The predicted octanol–water partition coefficient (Wildman–Crippen LogP) is 7.83. The summed E-state index contributed by atoms with van der Waals surface area (Å²) in [5.41, 5.74) is 6.35. The maximum atomic E-state index is 12.4. The minimum atomic E-state index is -2.33. The molecule has 0 radical (unpaired) electrons. The van der Waals surface area contributed by atoms with Crippen molar-refractivity contribution in [1.29, 1.82) is 0 Å². The highest BCUT2D eigenvalue weighted by Crippen LogP contribution is 2.46. The summed E-state index contributed by atoms with van der Waals surface area (Å²) in [5.74, 6) is 5.74. The van der Waals surface area contributed by atoms with Crippen LogP contribution in [0.5, 0.6) is 0 Å². The largest absolute Gasteiger partial charge is 0.414 e. The second kappa shape index (κ2) is 13.2. The Balaban J connectivity index is 2.78. The van der Waals surface area contributed by atoms with Gasteiger partial charge in [0, 0.05) is 6.42 Å². The van der Waals surface area contributed by atoms with Gasteiger partial charge in [0.2, 0.25) is 0 Å². The third kappa shape index (κ3) is 8.71. The van der Waals surface area contributed by atoms with Gasteiger partial charge >= 0.3 is 0 Å². The molecule has 1 saturated heterocycles. The molecule has 1 fully saturated rings. The minimum absolute atomic E-state index is 0.0254. The van der Waals surface area contributed by atoms with Crippen LogP contribution in [0, 0.1) is 11.8 Å². The zero-order chi connectivity index (χ0) is 33.4. The maximum Gasteiger partial charge on any atom is 0.270 e. The van der Waals surface area contributed by atoms with E-state index in [0.717, 1.165) is 6.42 Å². The Bertz CT molecular complexity index is 1180. The highest BCUT2D eigenvalue weighted by atomic mass is 28.4. The van der Waals surface area contributed by atoms with Crippen LogP contribution in [0.15, 0.2) is 6.33 Å². The van der Waals surface area contributed by atoms with E-state index in [1.807, 2.05) is 4.57 Å². The summed E-state index contributed by atoms with van der Waals surface area (Å²) in [6.07, 6.45) is 1.34. The predicted molar refractivity (Wildman–Crippen MR) is 184 cm³/mol. The number of carbonyl (C=O) groups is 1. The zero-order valence-corrected chi connectivity index (χ0v) is 33.0. The molecular formula is C32H61N3O5Si3. The van der Waals surface area contributed by atoms with Crippen LogP contribution in [0.4, 0.5) is 0 Å². The fourth-order valence-electron chi connectivity index (χ4n) is 4.00. The lowest BCUT2D eigenvalue weighted by Crippen LogP contribution is -2.54. The number of rotatable bonds is 10. The Morgan fingerprint density at radius 1 is 0.907 bits per heavy atom. The summed E-state index contributed by atoms with van der Waals surface area (Å²) in [6, 6.07) is 0. The van der Waals surface area contributed by atoms with Crippen molar-refractivity contribution in [3.05, 3.63) is 17.7 Å². The van der Waals surface area contributed by atoms with Crippen molar-refractivity contribution < 1.29 is 22.8 Å². The first-order valence-corrected chi connectivity index (χ1v) is 24.5. The van der Waals surface area contributed by atoms with E-state index in [1.54, 1.807) is 6.33 Å². The van der Waals surface area contributed by atoms with Gasteiger partial charge in [-0.2, -0.15) is 0 Å². The molecule has 4 atom stereocenters. The third-order valence-corrected chi connectivity index (χ3v) is 23.5. The molecule has 0 unspecified atom stereocenters. The lowest BCUT2D eigenvalue weighted by Gasteiger charge is -2.44. The van der Waals surface area contributed by atoms with Crippen LogP contribution in [0.25, 0.3) is 0 Å². The number of carbonyl (C=O) groups excluding carboxylic acids is 1. The molecule has 0 saturated carbocycles. The van der Waals surface area contributed by atoms with Crippen molar-refractivity contribution in [2.24, 2.45) is 5.73 Å². The van der Waals surface area contributed by atoms with Gasteiger partial charge in [-0.05, 0) is 66.7 Å². The van der Waals surface area contributed by atoms with E-state index in [1.165, 1.54) is 0 Å². The lowest BCUT2D eigenvalue weighted by molar-refractivity contribution is -0.0491. The first-order valence-electron chi connectivity index (χ1n) is 15.8. The lowest BCUT2D eigenvalue weighted by atomic mass is 10.1. The second-order valence-corrected chi connectivity index (χ2v) is 30.9. The summed E-state index contributed by atoms with van der Waals surface area (Å²) in [4.78, 5) is 16.8. The van der Waals surface area contributed by atoms with Crippen molar-refractivity contribution >= 4 is 30.9 Å². The fourth-order valence-corrected chi connectivity index (χ4v) is 7.62. The van der Waals surface area contributed by atoms with Gasteiger partial charge in [-0.1, -0.05) is 75.2 Å². The molecule has 11 heteroatoms. The molecule has 1 aliphatic heterocycles. The number of hydrogen-bond donors (Lipinski definition) is 1. The number of ether oxygens (including phenoxy) is 1. The van der Waals surface area contributed by atoms with Gasteiger partial charge in [0.25, 0.3) is 5.91 Å². The van der Waals surface area contributed by atoms with Crippen LogP contribution in [0.1, 0.15) is 104 Å². The standard InChI is InChI=1S/C32H61N3O5Si3/c1-17-18-19-20-23-25(28(33)36)34-22-35(23)29-27(40-43(15,16)32(8,9)10)26(39-42(13,14)31(5,6)7)24(38-29)21-37-41(11,12)30(2,3)4/h22,24,26-27,29H,17-18,21H2,1-16H3,(H2,33,36)/t24-,26-,27-,29-/m1/s1. The molecule has 1 aromatic heterocycles. The number of nitrogens with zero attached hydrogens (tertiary/aromatic N) is 2. The van der Waals surface area contributed by atoms with Gasteiger partial charge in [-0.3, -0.25) is 9.36 Å². The first kappa shape index (κ1) is 37.9. The Kier molecular flexibility index (Phi) is 11.7. The average molecular weight is 652 g/mol. The zero-order valence-electron chi connectivity index (χ0n) is 30.0. The first-order chi connectivity index (χ1) is 19.3. The third-order valence-electron chi connectivity index (χ3n) is 10.1. The van der Waals surface area contributed by atoms with Crippen LogP contribution in [-0.4, -0.2) is 65.3 Å². The molecule has 1 amide bonds. The normalized spacial score (nSPS) is 22.4. The second-order valence-electron chi connectivity index (χ2n) is 16.6. The molecule has 8 nitrogen and oxygen atoms in total. The molecule has 43 heavy (non-hydrogen) atoms. The smallest absolute Gasteiger partial charge is 0.270 e. The average Bonchev–Trinajstić information content (AvgIpc) is 3.37.